The van der Waals surface area contributed by atoms with Crippen LogP contribution < -0.4 is 0 Å². The van der Waals surface area contributed by atoms with E-state index >= 15 is 0 Å². The number of benzene rings is 1. The van der Waals surface area contributed by atoms with E-state index in [0.717, 1.165) is 6.07 Å². The predicted octanol–water partition coefficient (Wildman–Crippen LogP) is 1.51. The van der Waals surface area contributed by atoms with Gasteiger partial charge < -0.3 is 9.84 Å². The second kappa shape index (κ2) is 6.39. The highest BCUT2D eigenvalue weighted by atomic mass is 32.2. The zero-order chi connectivity index (χ0) is 15.6. The third-order valence-corrected chi connectivity index (χ3v) is 5.60. The van der Waals surface area contributed by atoms with Crippen LogP contribution in [-0.4, -0.2) is 43.1 Å². The van der Waals surface area contributed by atoms with Crippen LogP contribution in [0.5, 0.6) is 0 Å². The number of hydrogen-bond donors (Lipinski definition) is 1. The van der Waals surface area contributed by atoms with E-state index in [-0.39, 0.29) is 29.1 Å². The highest BCUT2D eigenvalue weighted by Gasteiger charge is 2.35. The fourth-order valence-corrected chi connectivity index (χ4v) is 4.21. The van der Waals surface area contributed by atoms with Crippen LogP contribution in [-0.2, 0) is 21.4 Å². The molecule has 0 aliphatic carbocycles. The van der Waals surface area contributed by atoms with Gasteiger partial charge in [-0.05, 0) is 31.5 Å². The average Bonchev–Trinajstić information content (AvgIpc) is 2.47. The van der Waals surface area contributed by atoms with Crippen molar-refractivity contribution in [2.45, 2.75) is 43.9 Å². The van der Waals surface area contributed by atoms with Gasteiger partial charge in [-0.3, -0.25) is 0 Å². The van der Waals surface area contributed by atoms with Crippen LogP contribution in [0, 0.1) is 5.82 Å². The number of sulfonamides is 1. The van der Waals surface area contributed by atoms with E-state index in [0.29, 0.717) is 13.0 Å². The van der Waals surface area contributed by atoms with E-state index in [2.05, 4.69) is 0 Å². The first-order valence-electron chi connectivity index (χ1n) is 6.92. The number of hydrogen-bond acceptors (Lipinski definition) is 4. The van der Waals surface area contributed by atoms with Crippen molar-refractivity contribution in [1.82, 2.24) is 4.31 Å². The molecule has 1 aromatic rings. The lowest BCUT2D eigenvalue weighted by Gasteiger charge is -2.37. The van der Waals surface area contributed by atoms with Gasteiger partial charge in [-0.1, -0.05) is 6.92 Å². The number of aliphatic hydroxyl groups excluding tert-OH is 1. The second-order valence-electron chi connectivity index (χ2n) is 5.19. The van der Waals surface area contributed by atoms with Gasteiger partial charge in [0.2, 0.25) is 10.0 Å². The normalized spacial score (nSPS) is 24.2. The lowest BCUT2D eigenvalue weighted by atomic mass is 10.2. The number of halogens is 1. The van der Waals surface area contributed by atoms with Crippen LogP contribution >= 0.6 is 0 Å². The zero-order valence-electron chi connectivity index (χ0n) is 12.1. The Balaban J connectivity index is 2.40. The summed E-state index contributed by atoms with van der Waals surface area (Å²) in [7, 11) is -3.73. The van der Waals surface area contributed by atoms with Crippen molar-refractivity contribution in [3.05, 3.63) is 29.6 Å². The van der Waals surface area contributed by atoms with Gasteiger partial charge >= 0.3 is 0 Å². The number of rotatable bonds is 4. The highest BCUT2D eigenvalue weighted by Crippen LogP contribution is 2.25. The van der Waals surface area contributed by atoms with Crippen molar-refractivity contribution >= 4 is 10.0 Å². The summed E-state index contributed by atoms with van der Waals surface area (Å²) in [4.78, 5) is 0.000463. The molecule has 21 heavy (non-hydrogen) atoms. The molecule has 0 saturated carbocycles. The van der Waals surface area contributed by atoms with E-state index in [4.69, 9.17) is 9.84 Å². The largest absolute Gasteiger partial charge is 0.392 e. The van der Waals surface area contributed by atoms with E-state index in [1.165, 1.54) is 16.4 Å². The van der Waals surface area contributed by atoms with Crippen molar-refractivity contribution < 1.29 is 22.7 Å². The SMILES string of the molecule is CCC1COC(C)CN1S(=O)(=O)c1ccc(F)c(CO)c1. The summed E-state index contributed by atoms with van der Waals surface area (Å²) in [5.41, 5.74) is -0.0227. The first kappa shape index (κ1) is 16.4. The summed E-state index contributed by atoms with van der Waals surface area (Å²) in [6.45, 7) is 3.80. The first-order chi connectivity index (χ1) is 9.90. The van der Waals surface area contributed by atoms with Crippen molar-refractivity contribution in [2.24, 2.45) is 0 Å². The fourth-order valence-electron chi connectivity index (χ4n) is 2.40. The molecule has 1 heterocycles. The van der Waals surface area contributed by atoms with Crippen molar-refractivity contribution in [2.75, 3.05) is 13.2 Å². The third kappa shape index (κ3) is 3.26. The summed E-state index contributed by atoms with van der Waals surface area (Å²) >= 11 is 0. The van der Waals surface area contributed by atoms with Gasteiger partial charge in [0.05, 0.1) is 24.2 Å². The number of nitrogens with zero attached hydrogens (tertiary/aromatic N) is 1. The fraction of sp³-hybridized carbons (Fsp3) is 0.571. The Kier molecular flexibility index (Phi) is 4.98. The van der Waals surface area contributed by atoms with Crippen molar-refractivity contribution in [3.8, 4) is 0 Å². The summed E-state index contributed by atoms with van der Waals surface area (Å²) in [6, 6.07) is 3.27. The van der Waals surface area contributed by atoms with Gasteiger partial charge in [-0.15, -0.1) is 0 Å². The first-order valence-corrected chi connectivity index (χ1v) is 8.36. The molecule has 118 valence electrons. The summed E-state index contributed by atoms with van der Waals surface area (Å²) < 4.78 is 45.8. The molecule has 1 fully saturated rings. The van der Waals surface area contributed by atoms with Gasteiger partial charge in [0.15, 0.2) is 0 Å². The molecule has 0 aromatic heterocycles. The monoisotopic (exact) mass is 317 g/mol. The van der Waals surface area contributed by atoms with Crippen molar-refractivity contribution in [3.63, 3.8) is 0 Å². The maximum atomic E-state index is 13.4. The van der Waals surface area contributed by atoms with E-state index in [9.17, 15) is 12.8 Å². The molecule has 0 spiro atoms. The Bertz CT molecular complexity index is 605. The summed E-state index contributed by atoms with van der Waals surface area (Å²) in [5.74, 6) is -0.612. The standard InChI is InChI=1S/C14H20FNO4S/c1-3-12-9-20-10(2)7-16(12)21(18,19)13-4-5-14(15)11(6-13)8-17/h4-6,10,12,17H,3,7-9H2,1-2H3. The van der Waals surface area contributed by atoms with Crippen LogP contribution in [0.3, 0.4) is 0 Å². The highest BCUT2D eigenvalue weighted by molar-refractivity contribution is 7.89. The minimum atomic E-state index is -3.73. The summed E-state index contributed by atoms with van der Waals surface area (Å²) in [6.07, 6.45) is 0.459. The van der Waals surface area contributed by atoms with Crippen LogP contribution in [0.4, 0.5) is 4.39 Å². The summed E-state index contributed by atoms with van der Waals surface area (Å²) in [5, 5.41) is 9.09. The molecule has 0 radical (unpaired) electrons. The molecular weight excluding hydrogens is 297 g/mol. The van der Waals surface area contributed by atoms with E-state index in [1.54, 1.807) is 0 Å². The molecule has 2 unspecified atom stereocenters. The second-order valence-corrected chi connectivity index (χ2v) is 7.08. The molecule has 1 N–H and O–H groups in total. The predicted molar refractivity (Wildman–Crippen MR) is 75.7 cm³/mol. The number of aliphatic hydroxyl groups is 1. The average molecular weight is 317 g/mol. The van der Waals surface area contributed by atoms with Gasteiger partial charge in [0, 0.05) is 18.2 Å². The molecule has 1 aliphatic rings. The quantitative estimate of drug-likeness (QED) is 0.914. The maximum Gasteiger partial charge on any atom is 0.243 e. The Morgan fingerprint density at radius 3 is 2.81 bits per heavy atom. The van der Waals surface area contributed by atoms with Gasteiger partial charge in [-0.2, -0.15) is 4.31 Å². The third-order valence-electron chi connectivity index (χ3n) is 3.68. The minimum Gasteiger partial charge on any atom is -0.392 e. The molecular formula is C14H20FNO4S. The topological polar surface area (TPSA) is 66.8 Å². The van der Waals surface area contributed by atoms with Crippen LogP contribution in [0.25, 0.3) is 0 Å². The minimum absolute atomic E-state index is 0.000463. The van der Waals surface area contributed by atoms with Crippen LogP contribution in [0.2, 0.25) is 0 Å². The number of morpholine rings is 1. The van der Waals surface area contributed by atoms with Gasteiger partial charge in [-0.25, -0.2) is 12.8 Å². The molecule has 0 amide bonds. The molecule has 1 aromatic carbocycles. The Hall–Kier alpha value is -1.02. The smallest absolute Gasteiger partial charge is 0.243 e. The van der Waals surface area contributed by atoms with Crippen LogP contribution in [0.1, 0.15) is 25.8 Å². The zero-order valence-corrected chi connectivity index (χ0v) is 12.9. The Morgan fingerprint density at radius 1 is 1.48 bits per heavy atom. The Labute approximate surface area is 124 Å². The maximum absolute atomic E-state index is 13.4. The molecule has 1 saturated heterocycles. The molecule has 2 atom stereocenters. The lowest BCUT2D eigenvalue weighted by molar-refractivity contribution is -0.0230. The van der Waals surface area contributed by atoms with E-state index in [1.807, 2.05) is 13.8 Å². The molecule has 2 rings (SSSR count). The number of ether oxygens (including phenoxy) is 1. The molecule has 0 bridgehead atoms. The Morgan fingerprint density at radius 2 is 2.19 bits per heavy atom. The van der Waals surface area contributed by atoms with Crippen molar-refractivity contribution in [1.29, 1.82) is 0 Å². The van der Waals surface area contributed by atoms with Gasteiger partial charge in [0.1, 0.15) is 5.82 Å². The van der Waals surface area contributed by atoms with E-state index < -0.39 is 22.4 Å². The lowest BCUT2D eigenvalue weighted by Crippen LogP contribution is -2.51. The molecule has 1 aliphatic heterocycles. The molecule has 5 nitrogen and oxygen atoms in total. The van der Waals surface area contributed by atoms with Gasteiger partial charge in [0.25, 0.3) is 0 Å². The van der Waals surface area contributed by atoms with Crippen LogP contribution in [0.15, 0.2) is 23.1 Å². The molecule has 7 heteroatoms.